The molecule has 1 aromatic rings. The highest BCUT2D eigenvalue weighted by atomic mass is 16.5. The van der Waals surface area contributed by atoms with E-state index in [-0.39, 0.29) is 0 Å². The van der Waals surface area contributed by atoms with Gasteiger partial charge in [-0.2, -0.15) is 0 Å². The number of hydrogen-bond donors (Lipinski definition) is 2. The zero-order valence-corrected chi connectivity index (χ0v) is 10.6. The molecule has 2 heterocycles. The predicted molar refractivity (Wildman–Crippen MR) is 69.4 cm³/mol. The van der Waals surface area contributed by atoms with Crippen LogP contribution in [0.5, 0.6) is 0 Å². The zero-order valence-electron chi connectivity index (χ0n) is 10.6. The summed E-state index contributed by atoms with van der Waals surface area (Å²) in [5, 5.41) is 3.40. The lowest BCUT2D eigenvalue weighted by Crippen LogP contribution is -2.31. The monoisotopic (exact) mass is 249 g/mol. The summed E-state index contributed by atoms with van der Waals surface area (Å²) in [5.74, 6) is 0.0984. The van der Waals surface area contributed by atoms with E-state index in [4.69, 9.17) is 10.5 Å². The number of hydrogen-bond acceptors (Lipinski definition) is 4. The molecule has 3 N–H and O–H groups in total. The highest BCUT2D eigenvalue weighted by Gasteiger charge is 2.20. The normalized spacial score (nSPS) is 18.3. The van der Waals surface area contributed by atoms with E-state index < -0.39 is 5.91 Å². The third kappa shape index (κ3) is 3.20. The van der Waals surface area contributed by atoms with Crippen LogP contribution in [0.15, 0.2) is 18.3 Å². The van der Waals surface area contributed by atoms with Gasteiger partial charge in [0.2, 0.25) is 0 Å². The van der Waals surface area contributed by atoms with Gasteiger partial charge < -0.3 is 15.8 Å². The number of ether oxygens (including phenoxy) is 1. The maximum Gasteiger partial charge on any atom is 0.267 e. The molecule has 0 saturated carbocycles. The first-order valence-corrected chi connectivity index (χ1v) is 6.27. The Morgan fingerprint density at radius 2 is 2.28 bits per heavy atom. The lowest BCUT2D eigenvalue weighted by molar-refractivity contribution is 0.0622. The molecule has 1 aliphatic heterocycles. The van der Waals surface area contributed by atoms with Crippen LogP contribution in [-0.2, 0) is 4.74 Å². The number of anilines is 1. The van der Waals surface area contributed by atoms with Crippen LogP contribution in [0.3, 0.4) is 0 Å². The Kier molecular flexibility index (Phi) is 4.15. The number of nitrogens with zero attached hydrogens (tertiary/aromatic N) is 1. The van der Waals surface area contributed by atoms with Gasteiger partial charge in [0.15, 0.2) is 0 Å². The number of pyridine rings is 1. The Morgan fingerprint density at radius 3 is 2.94 bits per heavy atom. The van der Waals surface area contributed by atoms with E-state index in [2.05, 4.69) is 17.2 Å². The smallest absolute Gasteiger partial charge is 0.267 e. The predicted octanol–water partition coefficient (Wildman–Crippen LogP) is 1.41. The molecule has 18 heavy (non-hydrogen) atoms. The molecule has 1 unspecified atom stereocenters. The maximum absolute atomic E-state index is 11.1. The van der Waals surface area contributed by atoms with Gasteiger partial charge in [0.25, 0.3) is 5.91 Å². The largest absolute Gasteiger partial charge is 0.382 e. The average molecular weight is 249 g/mol. The van der Waals surface area contributed by atoms with Crippen molar-refractivity contribution < 1.29 is 9.53 Å². The Morgan fingerprint density at radius 1 is 1.56 bits per heavy atom. The van der Waals surface area contributed by atoms with E-state index >= 15 is 0 Å². The first kappa shape index (κ1) is 12.8. The fourth-order valence-corrected chi connectivity index (χ4v) is 2.25. The van der Waals surface area contributed by atoms with Gasteiger partial charge in [-0.1, -0.05) is 0 Å². The zero-order chi connectivity index (χ0) is 13.0. The number of aromatic nitrogens is 1. The molecule has 0 radical (unpaired) electrons. The van der Waals surface area contributed by atoms with Crippen LogP contribution in [-0.4, -0.2) is 30.1 Å². The molecular weight excluding hydrogens is 230 g/mol. The van der Waals surface area contributed by atoms with E-state index in [9.17, 15) is 4.79 Å². The molecule has 0 spiro atoms. The maximum atomic E-state index is 11.1. The number of nitrogens with two attached hydrogens (primary N) is 1. The van der Waals surface area contributed by atoms with Crippen LogP contribution in [0.1, 0.15) is 30.3 Å². The molecule has 1 fully saturated rings. The molecule has 0 aromatic carbocycles. The van der Waals surface area contributed by atoms with Gasteiger partial charge >= 0.3 is 0 Å². The summed E-state index contributed by atoms with van der Waals surface area (Å²) in [6.07, 6.45) is 3.74. The Labute approximate surface area is 107 Å². The molecule has 1 aromatic heterocycles. The van der Waals surface area contributed by atoms with Crippen molar-refractivity contribution in [2.24, 2.45) is 11.7 Å². The molecule has 5 heteroatoms. The number of nitrogens with one attached hydrogen (secondary N) is 1. The van der Waals surface area contributed by atoms with Crippen LogP contribution in [0.2, 0.25) is 0 Å². The van der Waals surface area contributed by atoms with E-state index in [1.807, 2.05) is 6.07 Å². The second kappa shape index (κ2) is 5.82. The van der Waals surface area contributed by atoms with E-state index in [0.717, 1.165) is 31.7 Å². The third-order valence-electron chi connectivity index (χ3n) is 3.38. The number of primary amides is 1. The van der Waals surface area contributed by atoms with Crippen molar-refractivity contribution in [3.05, 3.63) is 24.0 Å². The lowest BCUT2D eigenvalue weighted by Gasteiger charge is -2.29. The fraction of sp³-hybridized carbons (Fsp3) is 0.538. The summed E-state index contributed by atoms with van der Waals surface area (Å²) >= 11 is 0. The SMILES string of the molecule is CC(Nc1ccnc(C(N)=O)c1)C1CCOCC1. The first-order chi connectivity index (χ1) is 8.66. The number of rotatable bonds is 4. The van der Waals surface area contributed by atoms with E-state index in [0.29, 0.717) is 17.7 Å². The third-order valence-corrected chi connectivity index (χ3v) is 3.38. The highest BCUT2D eigenvalue weighted by Crippen LogP contribution is 2.21. The minimum atomic E-state index is -0.502. The van der Waals surface area contributed by atoms with Crippen LogP contribution in [0.25, 0.3) is 0 Å². The van der Waals surface area contributed by atoms with Crippen molar-refractivity contribution in [1.82, 2.24) is 4.98 Å². The second-order valence-electron chi connectivity index (χ2n) is 4.68. The Bertz CT molecular complexity index is 416. The number of amides is 1. The van der Waals surface area contributed by atoms with Gasteiger partial charge in [-0.05, 0) is 37.8 Å². The van der Waals surface area contributed by atoms with Crippen LogP contribution in [0.4, 0.5) is 5.69 Å². The molecule has 1 saturated heterocycles. The Balaban J connectivity index is 1.99. The van der Waals surface area contributed by atoms with Gasteiger partial charge in [0, 0.05) is 31.1 Å². The van der Waals surface area contributed by atoms with Gasteiger partial charge in [0.1, 0.15) is 5.69 Å². The summed E-state index contributed by atoms with van der Waals surface area (Å²) < 4.78 is 5.35. The van der Waals surface area contributed by atoms with Crippen LogP contribution in [0, 0.1) is 5.92 Å². The first-order valence-electron chi connectivity index (χ1n) is 6.27. The van der Waals surface area contributed by atoms with Gasteiger partial charge in [0.05, 0.1) is 0 Å². The molecular formula is C13H19N3O2. The minimum absolute atomic E-state index is 0.291. The quantitative estimate of drug-likeness (QED) is 0.845. The molecule has 2 rings (SSSR count). The summed E-state index contributed by atoms with van der Waals surface area (Å²) in [6.45, 7) is 3.82. The molecule has 1 atom stereocenters. The fourth-order valence-electron chi connectivity index (χ4n) is 2.25. The summed E-state index contributed by atoms with van der Waals surface area (Å²) in [4.78, 5) is 15.0. The molecule has 1 aliphatic rings. The van der Waals surface area contributed by atoms with E-state index in [1.165, 1.54) is 0 Å². The van der Waals surface area contributed by atoms with Gasteiger partial charge in [-0.3, -0.25) is 9.78 Å². The molecule has 1 amide bonds. The lowest BCUT2D eigenvalue weighted by atomic mass is 9.93. The standard InChI is InChI=1S/C13H19N3O2/c1-9(10-3-6-18-7-4-10)16-11-2-5-15-12(8-11)13(14)17/h2,5,8-10H,3-4,6-7H2,1H3,(H2,14,17)(H,15,16). The van der Waals surface area contributed by atoms with Crippen molar-refractivity contribution in [2.75, 3.05) is 18.5 Å². The van der Waals surface area contributed by atoms with Crippen LogP contribution >= 0.6 is 0 Å². The molecule has 0 aliphatic carbocycles. The number of carbonyl (C=O) groups is 1. The van der Waals surface area contributed by atoms with Crippen molar-refractivity contribution in [3.8, 4) is 0 Å². The van der Waals surface area contributed by atoms with Crippen molar-refractivity contribution in [1.29, 1.82) is 0 Å². The highest BCUT2D eigenvalue weighted by molar-refractivity contribution is 5.91. The summed E-state index contributed by atoms with van der Waals surface area (Å²) in [5.41, 5.74) is 6.39. The second-order valence-corrected chi connectivity index (χ2v) is 4.68. The van der Waals surface area contributed by atoms with Gasteiger partial charge in [-0.15, -0.1) is 0 Å². The molecule has 98 valence electrons. The Hall–Kier alpha value is -1.62. The van der Waals surface area contributed by atoms with Crippen LogP contribution < -0.4 is 11.1 Å². The number of carbonyl (C=O) groups excluding carboxylic acids is 1. The molecule has 5 nitrogen and oxygen atoms in total. The van der Waals surface area contributed by atoms with E-state index in [1.54, 1.807) is 12.3 Å². The minimum Gasteiger partial charge on any atom is -0.382 e. The summed E-state index contributed by atoms with van der Waals surface area (Å²) in [6, 6.07) is 3.89. The van der Waals surface area contributed by atoms with Gasteiger partial charge in [-0.25, -0.2) is 0 Å². The molecule has 0 bridgehead atoms. The average Bonchev–Trinajstić information content (AvgIpc) is 2.40. The van der Waals surface area contributed by atoms with Crippen molar-refractivity contribution in [2.45, 2.75) is 25.8 Å². The van der Waals surface area contributed by atoms with Crippen molar-refractivity contribution >= 4 is 11.6 Å². The summed E-state index contributed by atoms with van der Waals surface area (Å²) in [7, 11) is 0. The van der Waals surface area contributed by atoms with Crippen molar-refractivity contribution in [3.63, 3.8) is 0 Å². The topological polar surface area (TPSA) is 77.2 Å².